The molecule has 0 aromatic carbocycles. The van der Waals surface area contributed by atoms with E-state index in [0.717, 1.165) is 31.6 Å². The first-order valence-corrected chi connectivity index (χ1v) is 5.34. The molecule has 1 rings (SSSR count). The number of anilines is 1. The van der Waals surface area contributed by atoms with E-state index in [1.54, 1.807) is 12.1 Å². The number of aromatic nitrogens is 1. The SMILES string of the molecule is NC(=O)c1ccc(NCCCCCO)nc1. The first-order valence-electron chi connectivity index (χ1n) is 5.34. The van der Waals surface area contributed by atoms with Gasteiger partial charge in [-0.05, 0) is 31.4 Å². The maximum atomic E-state index is 10.8. The molecule has 0 radical (unpaired) electrons. The topological polar surface area (TPSA) is 88.2 Å². The van der Waals surface area contributed by atoms with Crippen molar-refractivity contribution in [1.82, 2.24) is 4.98 Å². The van der Waals surface area contributed by atoms with Gasteiger partial charge in [-0.3, -0.25) is 4.79 Å². The Kier molecular flexibility index (Phi) is 5.28. The van der Waals surface area contributed by atoms with Crippen LogP contribution in [-0.4, -0.2) is 29.1 Å². The molecule has 5 nitrogen and oxygen atoms in total. The van der Waals surface area contributed by atoms with Crippen LogP contribution in [0.4, 0.5) is 5.82 Å². The van der Waals surface area contributed by atoms with Crippen molar-refractivity contribution in [1.29, 1.82) is 0 Å². The average molecular weight is 223 g/mol. The Bertz CT molecular complexity index is 325. The lowest BCUT2D eigenvalue weighted by atomic mass is 10.2. The van der Waals surface area contributed by atoms with Crippen LogP contribution in [0.25, 0.3) is 0 Å². The van der Waals surface area contributed by atoms with Crippen molar-refractivity contribution in [2.75, 3.05) is 18.5 Å². The van der Waals surface area contributed by atoms with Gasteiger partial charge >= 0.3 is 0 Å². The normalized spacial score (nSPS) is 10.1. The molecule has 0 bridgehead atoms. The van der Waals surface area contributed by atoms with Gasteiger partial charge < -0.3 is 16.2 Å². The zero-order valence-electron chi connectivity index (χ0n) is 9.15. The van der Waals surface area contributed by atoms with Crippen molar-refractivity contribution in [2.45, 2.75) is 19.3 Å². The number of nitrogens with zero attached hydrogens (tertiary/aromatic N) is 1. The van der Waals surface area contributed by atoms with Gasteiger partial charge in [0.2, 0.25) is 5.91 Å². The third-order valence-corrected chi connectivity index (χ3v) is 2.19. The van der Waals surface area contributed by atoms with E-state index in [9.17, 15) is 4.79 Å². The summed E-state index contributed by atoms with van der Waals surface area (Å²) in [6.07, 6.45) is 4.26. The fourth-order valence-electron chi connectivity index (χ4n) is 1.27. The Hall–Kier alpha value is -1.62. The number of pyridine rings is 1. The highest BCUT2D eigenvalue weighted by Gasteiger charge is 2.00. The smallest absolute Gasteiger partial charge is 0.250 e. The van der Waals surface area contributed by atoms with Crippen molar-refractivity contribution in [3.63, 3.8) is 0 Å². The van der Waals surface area contributed by atoms with Gasteiger partial charge in [-0.1, -0.05) is 0 Å². The number of carbonyl (C=O) groups is 1. The Balaban J connectivity index is 2.29. The standard InChI is InChI=1S/C11H17N3O2/c12-11(16)9-4-5-10(14-8-9)13-6-2-1-3-7-15/h4-5,8,15H,1-3,6-7H2,(H2,12,16)(H,13,14). The molecule has 88 valence electrons. The average Bonchev–Trinajstić information content (AvgIpc) is 2.29. The van der Waals surface area contributed by atoms with Gasteiger partial charge in [-0.25, -0.2) is 4.98 Å². The molecule has 0 atom stereocenters. The van der Waals surface area contributed by atoms with Gasteiger partial charge in [-0.15, -0.1) is 0 Å². The first-order chi connectivity index (χ1) is 7.74. The van der Waals surface area contributed by atoms with Gasteiger partial charge in [0.1, 0.15) is 5.82 Å². The molecule has 16 heavy (non-hydrogen) atoms. The Morgan fingerprint density at radius 2 is 2.19 bits per heavy atom. The van der Waals surface area contributed by atoms with E-state index in [0.29, 0.717) is 5.56 Å². The maximum absolute atomic E-state index is 10.8. The fourth-order valence-corrected chi connectivity index (χ4v) is 1.27. The summed E-state index contributed by atoms with van der Waals surface area (Å²) >= 11 is 0. The second kappa shape index (κ2) is 6.79. The summed E-state index contributed by atoms with van der Waals surface area (Å²) in [5, 5.41) is 11.7. The molecule has 0 saturated heterocycles. The number of primary amides is 1. The molecule has 0 aliphatic carbocycles. The molecular weight excluding hydrogens is 206 g/mol. The Morgan fingerprint density at radius 3 is 2.75 bits per heavy atom. The second-order valence-corrected chi connectivity index (χ2v) is 3.51. The van der Waals surface area contributed by atoms with E-state index in [1.807, 2.05) is 0 Å². The van der Waals surface area contributed by atoms with Crippen molar-refractivity contribution in [3.05, 3.63) is 23.9 Å². The maximum Gasteiger partial charge on any atom is 0.250 e. The van der Waals surface area contributed by atoms with E-state index in [2.05, 4.69) is 10.3 Å². The lowest BCUT2D eigenvalue weighted by Crippen LogP contribution is -2.11. The minimum atomic E-state index is -0.470. The second-order valence-electron chi connectivity index (χ2n) is 3.51. The minimum Gasteiger partial charge on any atom is -0.396 e. The Morgan fingerprint density at radius 1 is 1.38 bits per heavy atom. The molecular formula is C11H17N3O2. The molecule has 1 amide bonds. The summed E-state index contributed by atoms with van der Waals surface area (Å²) in [5.74, 6) is 0.260. The summed E-state index contributed by atoms with van der Waals surface area (Å²) in [4.78, 5) is 14.8. The van der Waals surface area contributed by atoms with Gasteiger partial charge in [-0.2, -0.15) is 0 Å². The predicted molar refractivity (Wildman–Crippen MR) is 62.2 cm³/mol. The number of rotatable bonds is 7. The molecule has 1 heterocycles. The third-order valence-electron chi connectivity index (χ3n) is 2.19. The molecule has 0 aliphatic heterocycles. The molecule has 0 aliphatic rings. The van der Waals surface area contributed by atoms with Crippen LogP contribution < -0.4 is 11.1 Å². The van der Waals surface area contributed by atoms with E-state index < -0.39 is 5.91 Å². The highest BCUT2D eigenvalue weighted by Crippen LogP contribution is 2.05. The number of nitrogens with two attached hydrogens (primary N) is 1. The molecule has 0 unspecified atom stereocenters. The molecule has 4 N–H and O–H groups in total. The summed E-state index contributed by atoms with van der Waals surface area (Å²) in [7, 11) is 0. The number of unbranched alkanes of at least 4 members (excludes halogenated alkanes) is 2. The quantitative estimate of drug-likeness (QED) is 0.595. The predicted octanol–water partition coefficient (Wildman–Crippen LogP) is 0.755. The van der Waals surface area contributed by atoms with Crippen LogP contribution in [0.5, 0.6) is 0 Å². The summed E-state index contributed by atoms with van der Waals surface area (Å²) in [6, 6.07) is 3.37. The number of amides is 1. The zero-order valence-corrected chi connectivity index (χ0v) is 9.15. The highest BCUT2D eigenvalue weighted by atomic mass is 16.2. The van der Waals surface area contributed by atoms with Crippen LogP contribution in [0.3, 0.4) is 0 Å². The van der Waals surface area contributed by atoms with Gasteiger partial charge in [0, 0.05) is 19.3 Å². The van der Waals surface area contributed by atoms with Gasteiger partial charge in [0.25, 0.3) is 0 Å². The number of aliphatic hydroxyl groups is 1. The van der Waals surface area contributed by atoms with E-state index in [1.165, 1.54) is 6.20 Å². The number of aliphatic hydroxyl groups excluding tert-OH is 1. The van der Waals surface area contributed by atoms with Crippen molar-refractivity contribution in [2.24, 2.45) is 5.73 Å². The van der Waals surface area contributed by atoms with E-state index in [4.69, 9.17) is 10.8 Å². The number of hydrogen-bond acceptors (Lipinski definition) is 4. The van der Waals surface area contributed by atoms with Crippen molar-refractivity contribution < 1.29 is 9.90 Å². The van der Waals surface area contributed by atoms with Crippen LogP contribution in [-0.2, 0) is 0 Å². The summed E-state index contributed by atoms with van der Waals surface area (Å²) in [6.45, 7) is 1.05. The Labute approximate surface area is 94.7 Å². The molecule has 1 aromatic rings. The lowest BCUT2D eigenvalue weighted by Gasteiger charge is -2.05. The van der Waals surface area contributed by atoms with Gasteiger partial charge in [0.15, 0.2) is 0 Å². The molecule has 1 aromatic heterocycles. The number of hydrogen-bond donors (Lipinski definition) is 3. The summed E-state index contributed by atoms with van der Waals surface area (Å²) < 4.78 is 0. The van der Waals surface area contributed by atoms with Crippen molar-refractivity contribution >= 4 is 11.7 Å². The molecule has 0 saturated carbocycles. The van der Waals surface area contributed by atoms with Gasteiger partial charge in [0.05, 0.1) is 5.56 Å². The third kappa shape index (κ3) is 4.27. The molecule has 5 heteroatoms. The molecule has 0 fully saturated rings. The zero-order chi connectivity index (χ0) is 11.8. The number of nitrogens with one attached hydrogen (secondary N) is 1. The summed E-state index contributed by atoms with van der Waals surface area (Å²) in [5.41, 5.74) is 5.50. The van der Waals surface area contributed by atoms with Crippen LogP contribution in [0.2, 0.25) is 0 Å². The highest BCUT2D eigenvalue weighted by molar-refractivity contribution is 5.92. The number of carbonyl (C=O) groups excluding carboxylic acids is 1. The van der Waals surface area contributed by atoms with Crippen LogP contribution in [0, 0.1) is 0 Å². The van der Waals surface area contributed by atoms with Crippen molar-refractivity contribution in [3.8, 4) is 0 Å². The lowest BCUT2D eigenvalue weighted by molar-refractivity contribution is 0.1000. The van der Waals surface area contributed by atoms with Crippen LogP contribution >= 0.6 is 0 Å². The fraction of sp³-hybridized carbons (Fsp3) is 0.455. The van der Waals surface area contributed by atoms with Crippen LogP contribution in [0.15, 0.2) is 18.3 Å². The first kappa shape index (κ1) is 12.4. The largest absolute Gasteiger partial charge is 0.396 e. The van der Waals surface area contributed by atoms with E-state index >= 15 is 0 Å². The monoisotopic (exact) mass is 223 g/mol. The van der Waals surface area contributed by atoms with E-state index in [-0.39, 0.29) is 6.61 Å². The minimum absolute atomic E-state index is 0.242. The van der Waals surface area contributed by atoms with Crippen LogP contribution in [0.1, 0.15) is 29.6 Å². The molecule has 0 spiro atoms.